The van der Waals surface area contributed by atoms with E-state index < -0.39 is 5.97 Å². The van der Waals surface area contributed by atoms with E-state index in [1.807, 2.05) is 48.5 Å². The Labute approximate surface area is 198 Å². The largest absolute Gasteiger partial charge is 0.497 e. The molecular formula is C25H29N3O4S. The molecule has 33 heavy (non-hydrogen) atoms. The number of ether oxygens (including phenoxy) is 3. The van der Waals surface area contributed by atoms with E-state index in [-0.39, 0.29) is 18.4 Å². The van der Waals surface area contributed by atoms with E-state index in [2.05, 4.69) is 10.3 Å². The normalized spacial score (nSPS) is 14.1. The van der Waals surface area contributed by atoms with Crippen LogP contribution in [0, 0.1) is 0 Å². The summed E-state index contributed by atoms with van der Waals surface area (Å²) < 4.78 is 18.4. The second-order valence-corrected chi connectivity index (χ2v) is 8.99. The molecule has 0 bridgehead atoms. The van der Waals surface area contributed by atoms with Gasteiger partial charge in [0.05, 0.1) is 26.4 Å². The van der Waals surface area contributed by atoms with Crippen LogP contribution in [0.3, 0.4) is 0 Å². The molecule has 0 atom stereocenters. The number of hydrogen-bond acceptors (Lipinski definition) is 7. The standard InChI is InChI=1S/C25H29N3O4S/c1-3-31-25(29)23-24(28(27-26-23)17-18-12-14-19(30-2)15-13-18)33-22-11-7-10-21(16-22)32-20-8-5-4-6-9-20/h7,10-16,20H,3-6,8-9,17H2,1-2H3. The monoisotopic (exact) mass is 467 g/mol. The molecule has 0 aliphatic heterocycles. The predicted molar refractivity (Wildman–Crippen MR) is 126 cm³/mol. The lowest BCUT2D eigenvalue weighted by atomic mass is 9.98. The molecule has 1 aliphatic carbocycles. The zero-order valence-corrected chi connectivity index (χ0v) is 19.8. The van der Waals surface area contributed by atoms with E-state index in [9.17, 15) is 4.79 Å². The van der Waals surface area contributed by atoms with Gasteiger partial charge in [0.15, 0.2) is 0 Å². The fraction of sp³-hybridized carbons (Fsp3) is 0.400. The van der Waals surface area contributed by atoms with Crippen LogP contribution in [0.1, 0.15) is 55.1 Å². The minimum absolute atomic E-state index is 0.217. The van der Waals surface area contributed by atoms with Crippen molar-refractivity contribution in [3.8, 4) is 11.5 Å². The van der Waals surface area contributed by atoms with Gasteiger partial charge in [-0.2, -0.15) is 0 Å². The van der Waals surface area contributed by atoms with E-state index in [0.717, 1.165) is 34.8 Å². The van der Waals surface area contributed by atoms with Crippen molar-refractivity contribution in [2.75, 3.05) is 13.7 Å². The molecule has 0 radical (unpaired) electrons. The number of benzene rings is 2. The molecule has 1 fully saturated rings. The van der Waals surface area contributed by atoms with Gasteiger partial charge in [-0.05, 0) is 68.5 Å². The van der Waals surface area contributed by atoms with Crippen LogP contribution in [0.5, 0.6) is 11.5 Å². The number of aromatic nitrogens is 3. The molecule has 7 nitrogen and oxygen atoms in total. The minimum atomic E-state index is -0.476. The number of esters is 1. The average molecular weight is 468 g/mol. The van der Waals surface area contributed by atoms with Crippen LogP contribution in [0.25, 0.3) is 0 Å². The van der Waals surface area contributed by atoms with Crippen molar-refractivity contribution >= 4 is 17.7 Å². The van der Waals surface area contributed by atoms with Gasteiger partial charge in [-0.25, -0.2) is 9.48 Å². The van der Waals surface area contributed by atoms with Crippen LogP contribution in [0.15, 0.2) is 58.5 Å². The first-order valence-corrected chi connectivity index (χ1v) is 12.2. The Morgan fingerprint density at radius 3 is 2.61 bits per heavy atom. The van der Waals surface area contributed by atoms with Gasteiger partial charge >= 0.3 is 5.97 Å². The molecule has 4 rings (SSSR count). The molecule has 0 saturated heterocycles. The summed E-state index contributed by atoms with van der Waals surface area (Å²) in [5.74, 6) is 1.16. The van der Waals surface area contributed by atoms with Crippen molar-refractivity contribution < 1.29 is 19.0 Å². The van der Waals surface area contributed by atoms with Gasteiger partial charge in [0.2, 0.25) is 5.69 Å². The third-order valence-corrected chi connectivity index (χ3v) is 6.61. The topological polar surface area (TPSA) is 75.5 Å². The summed E-state index contributed by atoms with van der Waals surface area (Å²) >= 11 is 1.44. The van der Waals surface area contributed by atoms with Crippen LogP contribution in [0.4, 0.5) is 0 Å². The van der Waals surface area contributed by atoms with Gasteiger partial charge in [0.1, 0.15) is 16.5 Å². The molecule has 3 aromatic rings. The van der Waals surface area contributed by atoms with E-state index in [4.69, 9.17) is 14.2 Å². The quantitative estimate of drug-likeness (QED) is 0.391. The fourth-order valence-corrected chi connectivity index (χ4v) is 4.81. The molecule has 1 heterocycles. The summed E-state index contributed by atoms with van der Waals surface area (Å²) in [6.45, 7) is 2.52. The Bertz CT molecular complexity index is 1060. The summed E-state index contributed by atoms with van der Waals surface area (Å²) in [4.78, 5) is 13.5. The number of nitrogens with zero attached hydrogens (tertiary/aromatic N) is 3. The highest BCUT2D eigenvalue weighted by molar-refractivity contribution is 7.99. The Hall–Kier alpha value is -3.00. The summed E-state index contributed by atoms with van der Waals surface area (Å²) in [5, 5.41) is 9.03. The number of hydrogen-bond donors (Lipinski definition) is 0. The van der Waals surface area contributed by atoms with Gasteiger partial charge < -0.3 is 14.2 Å². The molecule has 1 aromatic heterocycles. The van der Waals surface area contributed by atoms with Crippen molar-refractivity contribution in [3.05, 3.63) is 59.8 Å². The maximum atomic E-state index is 12.5. The Balaban J connectivity index is 1.57. The molecule has 0 spiro atoms. The van der Waals surface area contributed by atoms with Crippen LogP contribution < -0.4 is 9.47 Å². The van der Waals surface area contributed by atoms with Gasteiger partial charge in [0, 0.05) is 4.90 Å². The van der Waals surface area contributed by atoms with E-state index in [1.165, 1.54) is 31.0 Å². The highest BCUT2D eigenvalue weighted by Gasteiger charge is 2.23. The smallest absolute Gasteiger partial charge is 0.361 e. The predicted octanol–water partition coefficient (Wildman–Crippen LogP) is 5.37. The van der Waals surface area contributed by atoms with E-state index in [1.54, 1.807) is 18.7 Å². The van der Waals surface area contributed by atoms with Gasteiger partial charge in [-0.1, -0.05) is 41.6 Å². The van der Waals surface area contributed by atoms with Crippen LogP contribution in [-0.4, -0.2) is 40.8 Å². The lowest BCUT2D eigenvalue weighted by Crippen LogP contribution is -2.19. The minimum Gasteiger partial charge on any atom is -0.497 e. The van der Waals surface area contributed by atoms with Crippen molar-refractivity contribution in [3.63, 3.8) is 0 Å². The third kappa shape index (κ3) is 6.07. The van der Waals surface area contributed by atoms with Crippen molar-refractivity contribution in [2.45, 2.75) is 61.6 Å². The second kappa shape index (κ2) is 11.2. The molecule has 1 aliphatic rings. The lowest BCUT2D eigenvalue weighted by Gasteiger charge is -2.23. The molecular weight excluding hydrogens is 438 g/mol. The molecule has 2 aromatic carbocycles. The summed E-state index contributed by atoms with van der Waals surface area (Å²) in [5.41, 5.74) is 1.24. The first-order chi connectivity index (χ1) is 16.2. The summed E-state index contributed by atoms with van der Waals surface area (Å²) in [7, 11) is 1.64. The Morgan fingerprint density at radius 1 is 1.09 bits per heavy atom. The molecule has 1 saturated carbocycles. The number of methoxy groups -OCH3 is 1. The molecule has 0 N–H and O–H groups in total. The molecule has 174 valence electrons. The maximum absolute atomic E-state index is 12.5. The van der Waals surface area contributed by atoms with Crippen LogP contribution in [0.2, 0.25) is 0 Å². The number of rotatable bonds is 9. The maximum Gasteiger partial charge on any atom is 0.361 e. The van der Waals surface area contributed by atoms with Crippen molar-refractivity contribution in [1.29, 1.82) is 0 Å². The average Bonchev–Trinajstić information content (AvgIpc) is 3.22. The zero-order valence-electron chi connectivity index (χ0n) is 19.0. The fourth-order valence-electron chi connectivity index (χ4n) is 3.84. The molecule has 8 heteroatoms. The van der Waals surface area contributed by atoms with E-state index in [0.29, 0.717) is 11.6 Å². The van der Waals surface area contributed by atoms with E-state index >= 15 is 0 Å². The first-order valence-electron chi connectivity index (χ1n) is 11.3. The van der Waals surface area contributed by atoms with Crippen LogP contribution >= 0.6 is 11.8 Å². The Morgan fingerprint density at radius 2 is 1.88 bits per heavy atom. The van der Waals surface area contributed by atoms with Gasteiger partial charge in [-0.3, -0.25) is 0 Å². The van der Waals surface area contributed by atoms with Crippen LogP contribution in [-0.2, 0) is 11.3 Å². The number of carbonyl (C=O) groups is 1. The van der Waals surface area contributed by atoms with Gasteiger partial charge in [-0.15, -0.1) is 5.10 Å². The molecule has 0 amide bonds. The van der Waals surface area contributed by atoms with Crippen molar-refractivity contribution in [2.24, 2.45) is 0 Å². The van der Waals surface area contributed by atoms with Crippen molar-refractivity contribution in [1.82, 2.24) is 15.0 Å². The Kier molecular flexibility index (Phi) is 7.88. The summed E-state index contributed by atoms with van der Waals surface area (Å²) in [6.07, 6.45) is 6.20. The zero-order chi connectivity index (χ0) is 23.0. The summed E-state index contributed by atoms with van der Waals surface area (Å²) in [6, 6.07) is 15.7. The SMILES string of the molecule is CCOC(=O)c1nnn(Cc2ccc(OC)cc2)c1Sc1cccc(OC2CCCCC2)c1. The second-order valence-electron chi connectivity index (χ2n) is 7.92. The highest BCUT2D eigenvalue weighted by atomic mass is 32.2. The molecule has 0 unspecified atom stereocenters. The number of carbonyl (C=O) groups excluding carboxylic acids is 1. The van der Waals surface area contributed by atoms with Gasteiger partial charge in [0.25, 0.3) is 0 Å². The lowest BCUT2D eigenvalue weighted by molar-refractivity contribution is 0.0515. The first kappa shape index (κ1) is 23.2. The highest BCUT2D eigenvalue weighted by Crippen LogP contribution is 2.33. The third-order valence-electron chi connectivity index (χ3n) is 5.52.